The van der Waals surface area contributed by atoms with E-state index in [2.05, 4.69) is 30.3 Å². The number of nitrogens with zero attached hydrogens (tertiary/aromatic N) is 1. The van der Waals surface area contributed by atoms with Gasteiger partial charge in [0.1, 0.15) is 5.60 Å². The van der Waals surface area contributed by atoms with E-state index < -0.39 is 5.60 Å². The second-order valence-electron chi connectivity index (χ2n) is 7.07. The molecule has 0 aliphatic heterocycles. The number of thiophene rings is 1. The fourth-order valence-electron chi connectivity index (χ4n) is 2.81. The van der Waals surface area contributed by atoms with E-state index in [4.69, 9.17) is 4.74 Å². The Labute approximate surface area is 160 Å². The highest BCUT2D eigenvalue weighted by atomic mass is 32.2. The molecule has 2 aromatic heterocycles. The van der Waals surface area contributed by atoms with Crippen LogP contribution in [-0.2, 0) is 4.74 Å². The third-order valence-corrected chi connectivity index (χ3v) is 6.15. The van der Waals surface area contributed by atoms with Gasteiger partial charge in [0.2, 0.25) is 0 Å². The molecule has 0 aliphatic rings. The van der Waals surface area contributed by atoms with Crippen LogP contribution in [0, 0.1) is 0 Å². The third-order valence-electron chi connectivity index (χ3n) is 3.88. The molecule has 0 spiro atoms. The monoisotopic (exact) mass is 381 g/mol. The van der Waals surface area contributed by atoms with Crippen molar-refractivity contribution in [3.8, 4) is 0 Å². The van der Waals surface area contributed by atoms with E-state index in [-0.39, 0.29) is 6.09 Å². The quantitative estimate of drug-likeness (QED) is 0.383. The third kappa shape index (κ3) is 3.37. The topological polar surface area (TPSA) is 31.2 Å². The minimum Gasteiger partial charge on any atom is -0.443 e. The van der Waals surface area contributed by atoms with Crippen molar-refractivity contribution in [3.63, 3.8) is 0 Å². The number of ether oxygens (including phenoxy) is 1. The van der Waals surface area contributed by atoms with Gasteiger partial charge in [-0.15, -0.1) is 11.3 Å². The largest absolute Gasteiger partial charge is 0.443 e. The minimum atomic E-state index is -0.527. The van der Waals surface area contributed by atoms with Crippen molar-refractivity contribution in [2.75, 3.05) is 0 Å². The zero-order valence-corrected chi connectivity index (χ0v) is 16.5. The molecule has 26 heavy (non-hydrogen) atoms. The van der Waals surface area contributed by atoms with Crippen molar-refractivity contribution in [1.29, 1.82) is 0 Å². The molecule has 4 aromatic rings. The van der Waals surface area contributed by atoms with E-state index in [1.165, 1.54) is 14.3 Å². The maximum Gasteiger partial charge on any atom is 0.419 e. The molecule has 0 aliphatic carbocycles. The van der Waals surface area contributed by atoms with Gasteiger partial charge in [0.15, 0.2) is 0 Å². The summed E-state index contributed by atoms with van der Waals surface area (Å²) in [6.45, 7) is 5.64. The summed E-state index contributed by atoms with van der Waals surface area (Å²) in [5.74, 6) is 0. The number of carbonyl (C=O) groups excluding carboxylic acids is 1. The van der Waals surface area contributed by atoms with Gasteiger partial charge in [-0.3, -0.25) is 4.57 Å². The summed E-state index contributed by atoms with van der Waals surface area (Å²) in [5.41, 5.74) is 0.340. The van der Waals surface area contributed by atoms with Crippen LogP contribution in [0.25, 0.3) is 21.0 Å². The first-order valence-electron chi connectivity index (χ1n) is 8.41. The average Bonchev–Trinajstić information content (AvgIpc) is 3.15. The van der Waals surface area contributed by atoms with Gasteiger partial charge in [-0.2, -0.15) is 0 Å². The van der Waals surface area contributed by atoms with E-state index >= 15 is 0 Å². The molecular weight excluding hydrogens is 362 g/mol. The molecule has 3 nitrogen and oxygen atoms in total. The molecular formula is C21H19NO2S2. The Balaban J connectivity index is 1.74. The van der Waals surface area contributed by atoms with E-state index in [1.807, 2.05) is 51.2 Å². The summed E-state index contributed by atoms with van der Waals surface area (Å²) in [6.07, 6.45) is 1.53. The Morgan fingerprint density at radius 1 is 1.08 bits per heavy atom. The van der Waals surface area contributed by atoms with Crippen LogP contribution in [0.4, 0.5) is 4.79 Å². The van der Waals surface area contributed by atoms with Gasteiger partial charge in [0.25, 0.3) is 0 Å². The zero-order valence-electron chi connectivity index (χ0n) is 14.9. The number of para-hydroxylation sites is 1. The summed E-state index contributed by atoms with van der Waals surface area (Å²) in [6, 6.07) is 18.5. The fraction of sp³-hybridized carbons (Fsp3) is 0.190. The van der Waals surface area contributed by atoms with Crippen LogP contribution in [-0.4, -0.2) is 16.3 Å². The van der Waals surface area contributed by atoms with Crippen molar-refractivity contribution >= 4 is 50.2 Å². The van der Waals surface area contributed by atoms with Crippen molar-refractivity contribution in [2.24, 2.45) is 0 Å². The second kappa shape index (κ2) is 6.49. The average molecular weight is 382 g/mol. The van der Waals surface area contributed by atoms with E-state index in [1.54, 1.807) is 27.7 Å². The lowest BCUT2D eigenvalue weighted by Crippen LogP contribution is -2.26. The molecule has 132 valence electrons. The molecule has 0 unspecified atom stereocenters. The summed E-state index contributed by atoms with van der Waals surface area (Å²) in [7, 11) is 0. The van der Waals surface area contributed by atoms with Crippen LogP contribution in [0.1, 0.15) is 20.8 Å². The highest BCUT2D eigenvalue weighted by molar-refractivity contribution is 8.01. The molecule has 4 rings (SSSR count). The lowest BCUT2D eigenvalue weighted by atomic mass is 10.2. The maximum absolute atomic E-state index is 12.6. The van der Waals surface area contributed by atoms with Gasteiger partial charge in [-0.25, -0.2) is 4.79 Å². The molecule has 0 atom stereocenters. The first-order chi connectivity index (χ1) is 12.4. The Bertz CT molecular complexity index is 1070. The van der Waals surface area contributed by atoms with Crippen LogP contribution >= 0.6 is 23.1 Å². The number of hydrogen-bond donors (Lipinski definition) is 0. The summed E-state index contributed by atoms with van der Waals surface area (Å²) < 4.78 is 9.64. The normalized spacial score (nSPS) is 12.0. The summed E-state index contributed by atoms with van der Waals surface area (Å²) in [5, 5.41) is 2.30. The number of aromatic nitrogens is 1. The Kier molecular flexibility index (Phi) is 4.29. The highest BCUT2D eigenvalue weighted by Crippen LogP contribution is 2.40. The molecule has 5 heteroatoms. The van der Waals surface area contributed by atoms with Crippen molar-refractivity contribution < 1.29 is 9.53 Å². The molecule has 0 bridgehead atoms. The summed E-state index contributed by atoms with van der Waals surface area (Å²) in [4.78, 5) is 13.7. The highest BCUT2D eigenvalue weighted by Gasteiger charge is 2.21. The first kappa shape index (κ1) is 17.2. The van der Waals surface area contributed by atoms with Crippen LogP contribution < -0.4 is 0 Å². The van der Waals surface area contributed by atoms with Crippen LogP contribution in [0.2, 0.25) is 0 Å². The SMILES string of the molecule is CC(C)(C)OC(=O)n1cc(Sc2cc3ccccc3s2)c2ccccc21. The maximum atomic E-state index is 12.6. The van der Waals surface area contributed by atoms with Gasteiger partial charge in [0.05, 0.1) is 9.73 Å². The number of fused-ring (bicyclic) bond motifs is 2. The second-order valence-corrected chi connectivity index (χ2v) is 9.49. The lowest BCUT2D eigenvalue weighted by Gasteiger charge is -2.19. The van der Waals surface area contributed by atoms with Crippen molar-refractivity contribution in [3.05, 3.63) is 60.8 Å². The predicted octanol–water partition coefficient (Wildman–Crippen LogP) is 6.79. The van der Waals surface area contributed by atoms with Gasteiger partial charge >= 0.3 is 6.09 Å². The standard InChI is InChI=1S/C21H19NO2S2/c1-21(2,3)24-20(23)22-13-18(15-9-5-6-10-16(15)22)26-19-12-14-8-4-7-11-17(14)25-19/h4-13H,1-3H3. The van der Waals surface area contributed by atoms with Crippen LogP contribution in [0.3, 0.4) is 0 Å². The number of rotatable bonds is 2. The smallest absolute Gasteiger partial charge is 0.419 e. The van der Waals surface area contributed by atoms with E-state index in [0.29, 0.717) is 0 Å². The van der Waals surface area contributed by atoms with Gasteiger partial charge in [0, 0.05) is 21.2 Å². The molecule has 2 heterocycles. The first-order valence-corrected chi connectivity index (χ1v) is 10.0. The van der Waals surface area contributed by atoms with Gasteiger partial charge in [-0.1, -0.05) is 48.2 Å². The molecule has 0 saturated carbocycles. The van der Waals surface area contributed by atoms with Crippen LogP contribution in [0.5, 0.6) is 0 Å². The number of benzene rings is 2. The lowest BCUT2D eigenvalue weighted by molar-refractivity contribution is 0.0544. The van der Waals surface area contributed by atoms with Gasteiger partial charge < -0.3 is 4.74 Å². The van der Waals surface area contributed by atoms with Gasteiger partial charge in [-0.05, 0) is 44.4 Å². The number of hydrogen-bond acceptors (Lipinski definition) is 4. The Morgan fingerprint density at radius 2 is 1.81 bits per heavy atom. The molecule has 0 amide bonds. The van der Waals surface area contributed by atoms with Crippen LogP contribution in [0.15, 0.2) is 69.9 Å². The Morgan fingerprint density at radius 3 is 2.58 bits per heavy atom. The Hall–Kier alpha value is -2.24. The van der Waals surface area contributed by atoms with Crippen molar-refractivity contribution in [1.82, 2.24) is 4.57 Å². The molecule has 0 radical (unpaired) electrons. The molecule has 0 saturated heterocycles. The van der Waals surface area contributed by atoms with Crippen molar-refractivity contribution in [2.45, 2.75) is 35.5 Å². The number of carbonyl (C=O) groups is 1. The minimum absolute atomic E-state index is 0.350. The molecule has 0 N–H and O–H groups in total. The predicted molar refractivity (Wildman–Crippen MR) is 110 cm³/mol. The van der Waals surface area contributed by atoms with E-state index in [9.17, 15) is 4.79 Å². The fourth-order valence-corrected chi connectivity index (χ4v) is 5.15. The molecule has 0 fully saturated rings. The van der Waals surface area contributed by atoms with E-state index in [0.717, 1.165) is 15.8 Å². The molecule has 2 aromatic carbocycles. The summed E-state index contributed by atoms with van der Waals surface area (Å²) >= 11 is 3.45. The zero-order chi connectivity index (χ0) is 18.3.